The molecule has 0 fully saturated rings. The summed E-state index contributed by atoms with van der Waals surface area (Å²) in [6.45, 7) is 0. The minimum atomic E-state index is -1.11. The van der Waals surface area contributed by atoms with Crippen molar-refractivity contribution in [2.45, 2.75) is 0 Å². The van der Waals surface area contributed by atoms with E-state index in [0.29, 0.717) is 10.9 Å². The molecule has 0 aliphatic rings. The fraction of sp³-hybridized carbons (Fsp3) is 0. The van der Waals surface area contributed by atoms with Gasteiger partial charge in [0, 0.05) is 5.39 Å². The number of carboxylic acid groups (broad SMARTS) is 1. The molecule has 1 amide bonds. The van der Waals surface area contributed by atoms with E-state index in [1.165, 1.54) is 6.07 Å². The lowest BCUT2D eigenvalue weighted by Gasteiger charge is -2.03. The summed E-state index contributed by atoms with van der Waals surface area (Å²) in [5.74, 6) is -1.85. The molecule has 0 saturated heterocycles. The Morgan fingerprint density at radius 3 is 2.56 bits per heavy atom. The van der Waals surface area contributed by atoms with E-state index in [2.05, 4.69) is 4.98 Å². The Bertz CT molecular complexity index is 593. The Labute approximate surface area is 90.5 Å². The summed E-state index contributed by atoms with van der Waals surface area (Å²) in [6.07, 6.45) is 0. The van der Waals surface area contributed by atoms with Crippen LogP contribution in [0, 0.1) is 0 Å². The van der Waals surface area contributed by atoms with E-state index in [9.17, 15) is 9.59 Å². The number of aromatic nitrogens is 1. The third kappa shape index (κ3) is 1.58. The quantitative estimate of drug-likeness (QED) is 0.784. The molecule has 0 unspecified atom stereocenters. The number of nitrogens with two attached hydrogens (primary N) is 1. The van der Waals surface area contributed by atoms with Gasteiger partial charge in [0.05, 0.1) is 11.1 Å². The van der Waals surface area contributed by atoms with E-state index >= 15 is 0 Å². The maximum atomic E-state index is 11.0. The van der Waals surface area contributed by atoms with E-state index in [0.717, 1.165) is 0 Å². The molecular weight excluding hydrogens is 208 g/mol. The van der Waals surface area contributed by atoms with Gasteiger partial charge in [-0.3, -0.25) is 4.79 Å². The number of para-hydroxylation sites is 1. The van der Waals surface area contributed by atoms with Crippen LogP contribution < -0.4 is 5.73 Å². The highest BCUT2D eigenvalue weighted by molar-refractivity contribution is 6.05. The highest BCUT2D eigenvalue weighted by atomic mass is 16.4. The molecule has 0 aliphatic carbocycles. The minimum Gasteiger partial charge on any atom is -0.478 e. The van der Waals surface area contributed by atoms with Crippen molar-refractivity contribution in [3.05, 3.63) is 41.6 Å². The van der Waals surface area contributed by atoms with Crippen LogP contribution in [0.15, 0.2) is 30.3 Å². The van der Waals surface area contributed by atoms with E-state index in [-0.39, 0.29) is 11.3 Å². The van der Waals surface area contributed by atoms with Crippen molar-refractivity contribution in [3.63, 3.8) is 0 Å². The number of hydrogen-bond acceptors (Lipinski definition) is 3. The molecule has 2 rings (SSSR count). The van der Waals surface area contributed by atoms with Gasteiger partial charge in [0.2, 0.25) is 0 Å². The number of fused-ring (bicyclic) bond motifs is 1. The van der Waals surface area contributed by atoms with Gasteiger partial charge in [0.15, 0.2) is 0 Å². The number of carbonyl (C=O) groups is 2. The first-order valence-electron chi connectivity index (χ1n) is 4.52. The number of nitrogens with zero attached hydrogens (tertiary/aromatic N) is 1. The van der Waals surface area contributed by atoms with Gasteiger partial charge in [0.1, 0.15) is 5.69 Å². The first kappa shape index (κ1) is 10.1. The summed E-state index contributed by atoms with van der Waals surface area (Å²) in [7, 11) is 0. The van der Waals surface area contributed by atoms with Crippen molar-refractivity contribution in [3.8, 4) is 0 Å². The SMILES string of the molecule is NC(=O)c1cc(C(=O)O)c2ccccc2n1. The van der Waals surface area contributed by atoms with Crippen LogP contribution in [0.25, 0.3) is 10.9 Å². The molecule has 0 bridgehead atoms. The van der Waals surface area contributed by atoms with Crippen LogP contribution in [0.5, 0.6) is 0 Å². The number of pyridine rings is 1. The van der Waals surface area contributed by atoms with Gasteiger partial charge in [-0.1, -0.05) is 18.2 Å². The van der Waals surface area contributed by atoms with Gasteiger partial charge in [-0.25, -0.2) is 9.78 Å². The van der Waals surface area contributed by atoms with Crippen LogP contribution in [0.4, 0.5) is 0 Å². The summed E-state index contributed by atoms with van der Waals surface area (Å²) in [6, 6.07) is 7.88. The van der Waals surface area contributed by atoms with Crippen LogP contribution >= 0.6 is 0 Å². The lowest BCUT2D eigenvalue weighted by atomic mass is 10.1. The van der Waals surface area contributed by atoms with Gasteiger partial charge < -0.3 is 10.8 Å². The summed E-state index contributed by atoms with van der Waals surface area (Å²) in [5.41, 5.74) is 5.50. The smallest absolute Gasteiger partial charge is 0.336 e. The summed E-state index contributed by atoms with van der Waals surface area (Å²) < 4.78 is 0. The van der Waals surface area contributed by atoms with Crippen molar-refractivity contribution in [1.82, 2.24) is 4.98 Å². The number of rotatable bonds is 2. The normalized spacial score (nSPS) is 10.2. The summed E-state index contributed by atoms with van der Waals surface area (Å²) >= 11 is 0. The molecule has 80 valence electrons. The molecule has 5 heteroatoms. The predicted molar refractivity (Wildman–Crippen MR) is 57.2 cm³/mol. The number of amides is 1. The molecule has 5 nitrogen and oxygen atoms in total. The maximum absolute atomic E-state index is 11.0. The molecule has 0 spiro atoms. The largest absolute Gasteiger partial charge is 0.478 e. The molecule has 0 atom stereocenters. The van der Waals surface area contributed by atoms with Gasteiger partial charge in [0.25, 0.3) is 5.91 Å². The van der Waals surface area contributed by atoms with Crippen LogP contribution in [0.1, 0.15) is 20.8 Å². The van der Waals surface area contributed by atoms with E-state index in [1.807, 2.05) is 0 Å². The zero-order valence-corrected chi connectivity index (χ0v) is 8.18. The van der Waals surface area contributed by atoms with Crippen molar-refractivity contribution in [2.75, 3.05) is 0 Å². The Hall–Kier alpha value is -2.43. The molecular formula is C11H8N2O3. The first-order chi connectivity index (χ1) is 7.59. The second kappa shape index (κ2) is 3.62. The molecule has 0 saturated carbocycles. The van der Waals surface area contributed by atoms with Gasteiger partial charge in [-0.15, -0.1) is 0 Å². The standard InChI is InChI=1S/C11H8N2O3/c12-10(14)9-5-7(11(15)16)6-3-1-2-4-8(6)13-9/h1-5H,(H2,12,14)(H,15,16). The Kier molecular flexibility index (Phi) is 2.28. The zero-order valence-electron chi connectivity index (χ0n) is 8.18. The molecule has 16 heavy (non-hydrogen) atoms. The number of carbonyl (C=O) groups excluding carboxylic acids is 1. The third-order valence-electron chi connectivity index (χ3n) is 2.20. The number of benzene rings is 1. The Balaban J connectivity index is 2.84. The molecule has 1 aromatic heterocycles. The lowest BCUT2D eigenvalue weighted by Crippen LogP contribution is -2.14. The number of aromatic carboxylic acids is 1. The van der Waals surface area contributed by atoms with Crippen LogP contribution in [0.2, 0.25) is 0 Å². The minimum absolute atomic E-state index is 0.0272. The number of hydrogen-bond donors (Lipinski definition) is 2. The average molecular weight is 216 g/mol. The van der Waals surface area contributed by atoms with Crippen LogP contribution in [-0.4, -0.2) is 22.0 Å². The molecule has 3 N–H and O–H groups in total. The maximum Gasteiger partial charge on any atom is 0.336 e. The highest BCUT2D eigenvalue weighted by Gasteiger charge is 2.13. The van der Waals surface area contributed by atoms with Crippen molar-refractivity contribution < 1.29 is 14.7 Å². The predicted octanol–water partition coefficient (Wildman–Crippen LogP) is 1.03. The first-order valence-corrected chi connectivity index (χ1v) is 4.52. The summed E-state index contributed by atoms with van der Waals surface area (Å²) in [5, 5.41) is 9.50. The molecule has 0 aliphatic heterocycles. The fourth-order valence-corrected chi connectivity index (χ4v) is 1.48. The van der Waals surface area contributed by atoms with Gasteiger partial charge in [-0.2, -0.15) is 0 Å². The fourth-order valence-electron chi connectivity index (χ4n) is 1.48. The van der Waals surface area contributed by atoms with E-state index < -0.39 is 11.9 Å². The van der Waals surface area contributed by atoms with Crippen molar-refractivity contribution >= 4 is 22.8 Å². The molecule has 0 radical (unpaired) electrons. The van der Waals surface area contributed by atoms with E-state index in [4.69, 9.17) is 10.8 Å². The summed E-state index contributed by atoms with van der Waals surface area (Å²) in [4.78, 5) is 26.0. The Morgan fingerprint density at radius 1 is 1.25 bits per heavy atom. The average Bonchev–Trinajstić information content (AvgIpc) is 2.27. The van der Waals surface area contributed by atoms with Gasteiger partial charge in [-0.05, 0) is 12.1 Å². The van der Waals surface area contributed by atoms with Crippen LogP contribution in [0.3, 0.4) is 0 Å². The Morgan fingerprint density at radius 2 is 1.94 bits per heavy atom. The van der Waals surface area contributed by atoms with Gasteiger partial charge >= 0.3 is 5.97 Å². The molecule has 2 aromatic rings. The van der Waals surface area contributed by atoms with E-state index in [1.54, 1.807) is 24.3 Å². The monoisotopic (exact) mass is 216 g/mol. The number of primary amides is 1. The topological polar surface area (TPSA) is 93.3 Å². The van der Waals surface area contributed by atoms with Crippen LogP contribution in [-0.2, 0) is 0 Å². The second-order valence-corrected chi connectivity index (χ2v) is 3.24. The highest BCUT2D eigenvalue weighted by Crippen LogP contribution is 2.18. The second-order valence-electron chi connectivity index (χ2n) is 3.24. The van der Waals surface area contributed by atoms with Crippen molar-refractivity contribution in [2.24, 2.45) is 5.73 Å². The third-order valence-corrected chi connectivity index (χ3v) is 2.20. The molecule has 1 aromatic carbocycles. The lowest BCUT2D eigenvalue weighted by molar-refractivity contribution is 0.0699. The number of carboxylic acids is 1. The zero-order chi connectivity index (χ0) is 11.7. The van der Waals surface area contributed by atoms with Crippen molar-refractivity contribution in [1.29, 1.82) is 0 Å². The molecule has 1 heterocycles.